The van der Waals surface area contributed by atoms with E-state index in [2.05, 4.69) is 31.1 Å². The van der Waals surface area contributed by atoms with E-state index in [1.54, 1.807) is 19.1 Å². The van der Waals surface area contributed by atoms with Gasteiger partial charge < -0.3 is 9.94 Å². The zero-order valence-corrected chi connectivity index (χ0v) is 12.4. The molecule has 116 valence electrons. The minimum absolute atomic E-state index is 0.0233. The Morgan fingerprint density at radius 1 is 1.45 bits per heavy atom. The van der Waals surface area contributed by atoms with Gasteiger partial charge in [0.15, 0.2) is 0 Å². The smallest absolute Gasteiger partial charge is 0.270 e. The number of nitrogens with one attached hydrogen (secondary N) is 2. The fraction of sp³-hybridized carbons (Fsp3) is 0.308. The van der Waals surface area contributed by atoms with E-state index < -0.39 is 5.91 Å². The van der Waals surface area contributed by atoms with Gasteiger partial charge in [-0.05, 0) is 36.3 Å². The Labute approximate surface area is 126 Å². The van der Waals surface area contributed by atoms with E-state index in [0.717, 1.165) is 5.56 Å². The largest absolute Gasteiger partial charge is 0.506 e. The van der Waals surface area contributed by atoms with Gasteiger partial charge in [0.1, 0.15) is 12.9 Å². The number of carbonyl (C=O) groups is 1. The van der Waals surface area contributed by atoms with Crippen LogP contribution in [0.1, 0.15) is 35.3 Å². The quantitative estimate of drug-likeness (QED) is 0.561. The lowest BCUT2D eigenvalue weighted by atomic mass is 9.99. The molecule has 1 heterocycles. The molecule has 0 aliphatic carbocycles. The monoisotopic (exact) mass is 304 g/mol. The molecule has 3 N–H and O–H groups in total. The number of carbonyl (C=O) groups excluding carboxylic acids is 1. The number of benzene rings is 1. The van der Waals surface area contributed by atoms with E-state index in [1.165, 1.54) is 7.11 Å². The average molecular weight is 304 g/mol. The van der Waals surface area contributed by atoms with Crippen molar-refractivity contribution in [3.8, 4) is 5.75 Å². The molecule has 0 saturated heterocycles. The van der Waals surface area contributed by atoms with Crippen LogP contribution >= 0.6 is 0 Å². The molecule has 22 heavy (non-hydrogen) atoms. The van der Waals surface area contributed by atoms with Crippen LogP contribution in [0.5, 0.6) is 5.75 Å². The summed E-state index contributed by atoms with van der Waals surface area (Å²) in [5.41, 5.74) is 1.87. The van der Waals surface area contributed by atoms with Crippen LogP contribution in [0.25, 0.3) is 0 Å². The molecule has 2 aromatic rings. The molecular formula is C13H16N6O3. The number of phenolic OH excluding ortho intramolecular Hbond substituents is 1. The molecule has 0 saturated carbocycles. The van der Waals surface area contributed by atoms with Crippen molar-refractivity contribution in [3.05, 3.63) is 28.8 Å². The third kappa shape index (κ3) is 3.19. The second-order valence-corrected chi connectivity index (χ2v) is 4.44. The number of aromatic hydroxyl groups is 1. The summed E-state index contributed by atoms with van der Waals surface area (Å²) in [6.07, 6.45) is 0.691. The first kappa shape index (κ1) is 15.4. The van der Waals surface area contributed by atoms with Gasteiger partial charge in [-0.1, -0.05) is 17.2 Å². The molecule has 0 radical (unpaired) electrons. The van der Waals surface area contributed by atoms with Crippen LogP contribution < -0.4 is 5.32 Å². The molecule has 0 unspecified atom stereocenters. The zero-order chi connectivity index (χ0) is 16.1. The summed E-state index contributed by atoms with van der Waals surface area (Å²) in [7, 11) is 1.41. The van der Waals surface area contributed by atoms with Gasteiger partial charge in [0.25, 0.3) is 11.9 Å². The fourth-order valence-electron chi connectivity index (χ4n) is 1.92. The van der Waals surface area contributed by atoms with Crippen LogP contribution in [-0.4, -0.2) is 44.5 Å². The highest BCUT2D eigenvalue weighted by Crippen LogP contribution is 2.26. The third-order valence-electron chi connectivity index (χ3n) is 3.01. The first-order valence-electron chi connectivity index (χ1n) is 6.55. The minimum Gasteiger partial charge on any atom is -0.506 e. The van der Waals surface area contributed by atoms with Crippen LogP contribution in [-0.2, 0) is 11.3 Å². The highest BCUT2D eigenvalue weighted by Gasteiger charge is 2.19. The average Bonchev–Trinajstić information content (AvgIpc) is 3.00. The van der Waals surface area contributed by atoms with Crippen molar-refractivity contribution in [2.75, 3.05) is 12.4 Å². The number of rotatable bonds is 5. The second kappa shape index (κ2) is 6.66. The van der Waals surface area contributed by atoms with Crippen molar-refractivity contribution in [2.45, 2.75) is 20.3 Å². The number of aryl methyl sites for hydroxylation is 1. The molecule has 9 nitrogen and oxygen atoms in total. The van der Waals surface area contributed by atoms with Gasteiger partial charge >= 0.3 is 0 Å². The summed E-state index contributed by atoms with van der Waals surface area (Å²) < 4.78 is 0. The SMILES string of the molecule is CCc1cc(C(=O)Nc2nn[nH]n2)c(O)c(/C(C)=N/OC)c1. The lowest BCUT2D eigenvalue weighted by Crippen LogP contribution is -2.15. The molecule has 1 aromatic heterocycles. The lowest BCUT2D eigenvalue weighted by molar-refractivity contribution is 0.102. The van der Waals surface area contributed by atoms with Crippen LogP contribution in [0, 0.1) is 0 Å². The summed E-state index contributed by atoms with van der Waals surface area (Å²) in [6.45, 7) is 3.62. The number of hydrogen-bond acceptors (Lipinski definition) is 7. The molecule has 0 aliphatic heterocycles. The van der Waals surface area contributed by atoms with Crippen molar-refractivity contribution >= 4 is 17.6 Å². The molecular weight excluding hydrogens is 288 g/mol. The van der Waals surface area contributed by atoms with E-state index in [1.807, 2.05) is 6.92 Å². The predicted molar refractivity (Wildman–Crippen MR) is 78.8 cm³/mol. The number of hydrogen-bond donors (Lipinski definition) is 3. The van der Waals surface area contributed by atoms with Crippen molar-refractivity contribution in [1.82, 2.24) is 20.6 Å². The number of oxime groups is 1. The zero-order valence-electron chi connectivity index (χ0n) is 12.4. The number of H-pyrrole nitrogens is 1. The van der Waals surface area contributed by atoms with Gasteiger partial charge in [0.05, 0.1) is 11.3 Å². The minimum atomic E-state index is -0.541. The Bertz CT molecular complexity index is 696. The molecule has 0 fully saturated rings. The maximum Gasteiger partial charge on any atom is 0.270 e. The van der Waals surface area contributed by atoms with Gasteiger partial charge in [-0.2, -0.15) is 5.21 Å². The van der Waals surface area contributed by atoms with Gasteiger partial charge in [-0.15, -0.1) is 5.10 Å². The summed E-state index contributed by atoms with van der Waals surface area (Å²) in [4.78, 5) is 17.0. The van der Waals surface area contributed by atoms with Crippen LogP contribution in [0.2, 0.25) is 0 Å². The molecule has 1 aromatic carbocycles. The first-order chi connectivity index (χ1) is 10.6. The summed E-state index contributed by atoms with van der Waals surface area (Å²) in [5.74, 6) is -0.702. The van der Waals surface area contributed by atoms with Crippen LogP contribution in [0.4, 0.5) is 5.95 Å². The second-order valence-electron chi connectivity index (χ2n) is 4.44. The Kier molecular flexibility index (Phi) is 4.66. The predicted octanol–water partition coefficient (Wildman–Crippen LogP) is 1.09. The third-order valence-corrected chi connectivity index (χ3v) is 3.01. The van der Waals surface area contributed by atoms with E-state index in [4.69, 9.17) is 4.84 Å². The number of phenols is 1. The van der Waals surface area contributed by atoms with Gasteiger partial charge in [0.2, 0.25) is 0 Å². The van der Waals surface area contributed by atoms with E-state index in [0.29, 0.717) is 17.7 Å². The van der Waals surface area contributed by atoms with Gasteiger partial charge in [0, 0.05) is 5.56 Å². The summed E-state index contributed by atoms with van der Waals surface area (Å²) >= 11 is 0. The highest BCUT2D eigenvalue weighted by molar-refractivity contribution is 6.09. The van der Waals surface area contributed by atoms with Crippen LogP contribution in [0.3, 0.4) is 0 Å². The maximum absolute atomic E-state index is 12.3. The number of anilines is 1. The molecule has 0 bridgehead atoms. The van der Waals surface area contributed by atoms with Crippen LogP contribution in [0.15, 0.2) is 17.3 Å². The van der Waals surface area contributed by atoms with E-state index in [-0.39, 0.29) is 17.3 Å². The molecule has 0 spiro atoms. The Morgan fingerprint density at radius 3 is 2.77 bits per heavy atom. The van der Waals surface area contributed by atoms with Gasteiger partial charge in [-0.3, -0.25) is 10.1 Å². The lowest BCUT2D eigenvalue weighted by Gasteiger charge is -2.11. The number of aromatic amines is 1. The molecule has 2 rings (SSSR count). The normalized spacial score (nSPS) is 11.3. The summed E-state index contributed by atoms with van der Waals surface area (Å²) in [5, 5.41) is 29.4. The molecule has 1 amide bonds. The number of tetrazole rings is 1. The molecule has 0 atom stereocenters. The Balaban J connectivity index is 2.44. The number of nitrogens with zero attached hydrogens (tertiary/aromatic N) is 4. The Hall–Kier alpha value is -2.97. The summed E-state index contributed by atoms with van der Waals surface area (Å²) in [6, 6.07) is 3.37. The van der Waals surface area contributed by atoms with Crippen molar-refractivity contribution < 1.29 is 14.7 Å². The number of amides is 1. The van der Waals surface area contributed by atoms with Crippen molar-refractivity contribution in [1.29, 1.82) is 0 Å². The van der Waals surface area contributed by atoms with E-state index >= 15 is 0 Å². The Morgan fingerprint density at radius 2 is 2.18 bits per heavy atom. The highest BCUT2D eigenvalue weighted by atomic mass is 16.6. The number of aromatic nitrogens is 4. The first-order valence-corrected chi connectivity index (χ1v) is 6.55. The molecule has 9 heteroatoms. The van der Waals surface area contributed by atoms with Gasteiger partial charge in [-0.25, -0.2) is 0 Å². The topological polar surface area (TPSA) is 125 Å². The van der Waals surface area contributed by atoms with Crippen molar-refractivity contribution in [2.24, 2.45) is 5.16 Å². The maximum atomic E-state index is 12.3. The van der Waals surface area contributed by atoms with Crippen molar-refractivity contribution in [3.63, 3.8) is 0 Å². The fourth-order valence-corrected chi connectivity index (χ4v) is 1.92. The molecule has 0 aliphatic rings. The van der Waals surface area contributed by atoms with E-state index in [9.17, 15) is 9.90 Å². The standard InChI is InChI=1S/C13H16N6O3/c1-4-8-5-9(7(2)17-22-3)11(20)10(6-8)12(21)14-13-15-18-19-16-13/h5-6,20H,4H2,1-3H3,(H2,14,15,16,18,19,21)/b17-7+.